The van der Waals surface area contributed by atoms with Crippen molar-refractivity contribution in [1.29, 1.82) is 0 Å². The van der Waals surface area contributed by atoms with E-state index in [1.807, 2.05) is 0 Å². The summed E-state index contributed by atoms with van der Waals surface area (Å²) in [6.07, 6.45) is 43.7. The highest BCUT2D eigenvalue weighted by molar-refractivity contribution is 5.80. The van der Waals surface area contributed by atoms with Crippen LogP contribution in [0.5, 0.6) is 0 Å². The zero-order valence-electron chi connectivity index (χ0n) is 43.9. The van der Waals surface area contributed by atoms with Crippen LogP contribution in [0.15, 0.2) is 24.3 Å². The molecule has 11 heteroatoms. The predicted octanol–water partition coefficient (Wildman–Crippen LogP) is 11.7. The van der Waals surface area contributed by atoms with Crippen LogP contribution >= 0.6 is 0 Å². The summed E-state index contributed by atoms with van der Waals surface area (Å²) in [5.41, 5.74) is 0. The first-order valence-corrected chi connectivity index (χ1v) is 28.7. The Balaban J connectivity index is 2.35. The van der Waals surface area contributed by atoms with Gasteiger partial charge in [0.25, 0.3) is 0 Å². The van der Waals surface area contributed by atoms with Crippen LogP contribution in [0.25, 0.3) is 0 Å². The molecule has 0 spiro atoms. The highest BCUT2D eigenvalue weighted by Crippen LogP contribution is 2.23. The maximum atomic E-state index is 13.2. The van der Waals surface area contributed by atoms with Crippen molar-refractivity contribution in [3.05, 3.63) is 24.3 Å². The molecule has 9 atom stereocenters. The van der Waals surface area contributed by atoms with Gasteiger partial charge in [0.05, 0.1) is 25.4 Å². The van der Waals surface area contributed by atoms with Crippen LogP contribution in [0.3, 0.4) is 0 Å². The van der Waals surface area contributed by atoms with Crippen LogP contribution in [0.1, 0.15) is 264 Å². The molecule has 0 aromatic heterocycles. The van der Waals surface area contributed by atoms with Crippen molar-refractivity contribution in [3.8, 4) is 0 Å². The van der Waals surface area contributed by atoms with Crippen molar-refractivity contribution >= 4 is 5.91 Å². The van der Waals surface area contributed by atoms with Crippen LogP contribution < -0.4 is 5.32 Å². The average molecular weight is 968 g/mol. The highest BCUT2D eigenvalue weighted by Gasteiger charge is 2.44. The molecular weight excluding hydrogens is 859 g/mol. The van der Waals surface area contributed by atoms with Gasteiger partial charge in [-0.2, -0.15) is 0 Å². The zero-order valence-corrected chi connectivity index (χ0v) is 43.9. The number of hydrogen-bond donors (Lipinski definition) is 8. The second-order valence-electron chi connectivity index (χ2n) is 20.4. The number of aliphatic hydroxyl groups excluding tert-OH is 7. The first-order valence-electron chi connectivity index (χ1n) is 28.7. The van der Waals surface area contributed by atoms with Gasteiger partial charge in [0.1, 0.15) is 36.6 Å². The maximum absolute atomic E-state index is 13.2. The molecule has 1 amide bonds. The zero-order chi connectivity index (χ0) is 49.7. The van der Waals surface area contributed by atoms with Crippen molar-refractivity contribution in [1.82, 2.24) is 5.32 Å². The van der Waals surface area contributed by atoms with Crippen LogP contribution in [-0.2, 0) is 14.3 Å². The third-order valence-electron chi connectivity index (χ3n) is 14.0. The Hall–Kier alpha value is -1.41. The lowest BCUT2D eigenvalue weighted by molar-refractivity contribution is -0.303. The molecule has 1 aliphatic heterocycles. The van der Waals surface area contributed by atoms with E-state index in [2.05, 4.69) is 43.5 Å². The molecule has 8 N–H and O–H groups in total. The molecule has 11 nitrogen and oxygen atoms in total. The number of ether oxygens (including phenoxy) is 2. The van der Waals surface area contributed by atoms with E-state index in [-0.39, 0.29) is 12.8 Å². The number of carbonyl (C=O) groups excluding carboxylic acids is 1. The number of allylic oxidation sites excluding steroid dienone is 4. The molecule has 0 aromatic carbocycles. The second kappa shape index (κ2) is 46.6. The normalized spacial score (nSPS) is 20.6. The van der Waals surface area contributed by atoms with E-state index >= 15 is 0 Å². The van der Waals surface area contributed by atoms with Gasteiger partial charge in [0.2, 0.25) is 5.91 Å². The summed E-state index contributed by atoms with van der Waals surface area (Å²) in [7, 11) is 0. The van der Waals surface area contributed by atoms with E-state index in [1.165, 1.54) is 180 Å². The minimum absolute atomic E-state index is 0.249. The van der Waals surface area contributed by atoms with Crippen LogP contribution in [-0.4, -0.2) is 110 Å². The fourth-order valence-corrected chi connectivity index (χ4v) is 9.28. The van der Waals surface area contributed by atoms with E-state index in [0.717, 1.165) is 38.5 Å². The first kappa shape index (κ1) is 64.6. The van der Waals surface area contributed by atoms with Crippen molar-refractivity contribution in [3.63, 3.8) is 0 Å². The fourth-order valence-electron chi connectivity index (χ4n) is 9.28. The summed E-state index contributed by atoms with van der Waals surface area (Å²) in [6, 6.07) is -1.19. The fraction of sp³-hybridized carbons (Fsp3) is 0.912. The van der Waals surface area contributed by atoms with E-state index < -0.39 is 74.2 Å². The minimum Gasteiger partial charge on any atom is -0.394 e. The Labute approximate surface area is 416 Å². The quantitative estimate of drug-likeness (QED) is 0.0215. The maximum Gasteiger partial charge on any atom is 0.249 e. The summed E-state index contributed by atoms with van der Waals surface area (Å²) >= 11 is 0. The Bertz CT molecular complexity index is 1160. The van der Waals surface area contributed by atoms with Gasteiger partial charge >= 0.3 is 0 Å². The molecule has 0 radical (unpaired) electrons. The number of amides is 1. The minimum atomic E-state index is -1.67. The Kier molecular flexibility index (Phi) is 44.3. The molecule has 0 saturated carbocycles. The third kappa shape index (κ3) is 34.8. The summed E-state index contributed by atoms with van der Waals surface area (Å²) in [5, 5.41) is 76.1. The number of aliphatic hydroxyl groups is 7. The van der Waals surface area contributed by atoms with Gasteiger partial charge in [-0.05, 0) is 51.4 Å². The number of unbranched alkanes of at least 4 members (excludes halogenated alkanes) is 33. The summed E-state index contributed by atoms with van der Waals surface area (Å²) in [5.74, 6) is -0.706. The van der Waals surface area contributed by atoms with Gasteiger partial charge in [-0.1, -0.05) is 237 Å². The standard InChI is InChI=1S/C57H109NO10/c1-3-5-7-9-11-13-15-17-19-21-23-25-27-28-30-32-34-36-38-40-42-44-49(60)52(62)48(47-67-57-55(65)54(64)53(63)51(46-59)68-57)58-56(66)50(61)45-43-41-39-37-35-33-31-29-26-24-22-20-18-16-14-12-10-8-6-4-2/h28,30,36,38,48-55,57,59-65H,3-27,29,31-35,37,39-47H2,1-2H3,(H,58,66)/b30-28+,38-36+. The Morgan fingerprint density at radius 1 is 0.500 bits per heavy atom. The van der Waals surface area contributed by atoms with E-state index in [1.54, 1.807) is 0 Å². The monoisotopic (exact) mass is 968 g/mol. The van der Waals surface area contributed by atoms with Crippen molar-refractivity contribution < 1.29 is 50.0 Å². The van der Waals surface area contributed by atoms with Gasteiger partial charge in [0, 0.05) is 0 Å². The lowest BCUT2D eigenvalue weighted by Gasteiger charge is -2.40. The largest absolute Gasteiger partial charge is 0.394 e. The topological polar surface area (TPSA) is 189 Å². The molecule has 0 aliphatic carbocycles. The van der Waals surface area contributed by atoms with Crippen LogP contribution in [0.4, 0.5) is 0 Å². The molecule has 1 heterocycles. The van der Waals surface area contributed by atoms with Crippen molar-refractivity contribution in [2.45, 2.75) is 319 Å². The molecule has 0 bridgehead atoms. The smallest absolute Gasteiger partial charge is 0.249 e. The van der Waals surface area contributed by atoms with E-state index in [4.69, 9.17) is 9.47 Å². The average Bonchev–Trinajstić information content (AvgIpc) is 3.34. The lowest BCUT2D eigenvalue weighted by Crippen LogP contribution is -2.60. The SMILES string of the molecule is CCCCCCCCCCCCCC/C=C/CC/C=C/CCCC(O)C(O)C(COC1OC(CO)C(O)C(O)C1O)NC(=O)C(O)CCCCCCCCCCCCCCCCCCCCCC. The predicted molar refractivity (Wildman–Crippen MR) is 279 cm³/mol. The Morgan fingerprint density at radius 2 is 0.882 bits per heavy atom. The molecule has 1 aliphatic rings. The summed E-state index contributed by atoms with van der Waals surface area (Å²) in [6.45, 7) is 3.46. The third-order valence-corrected chi connectivity index (χ3v) is 14.0. The summed E-state index contributed by atoms with van der Waals surface area (Å²) < 4.78 is 11.1. The molecule has 402 valence electrons. The second-order valence-corrected chi connectivity index (χ2v) is 20.4. The first-order chi connectivity index (χ1) is 33.2. The molecule has 68 heavy (non-hydrogen) atoms. The van der Waals surface area contributed by atoms with E-state index in [9.17, 15) is 40.5 Å². The van der Waals surface area contributed by atoms with Gasteiger partial charge < -0.3 is 50.5 Å². The lowest BCUT2D eigenvalue weighted by atomic mass is 9.98. The molecule has 1 rings (SSSR count). The number of hydrogen-bond acceptors (Lipinski definition) is 10. The van der Waals surface area contributed by atoms with Crippen LogP contribution in [0.2, 0.25) is 0 Å². The van der Waals surface area contributed by atoms with Crippen molar-refractivity contribution in [2.75, 3.05) is 13.2 Å². The highest BCUT2D eigenvalue weighted by atomic mass is 16.7. The van der Waals surface area contributed by atoms with E-state index in [0.29, 0.717) is 19.3 Å². The molecule has 0 aromatic rings. The summed E-state index contributed by atoms with van der Waals surface area (Å²) in [4.78, 5) is 13.2. The van der Waals surface area contributed by atoms with Gasteiger partial charge in [-0.25, -0.2) is 0 Å². The van der Waals surface area contributed by atoms with Gasteiger partial charge in [-0.15, -0.1) is 0 Å². The van der Waals surface area contributed by atoms with Gasteiger partial charge in [0.15, 0.2) is 6.29 Å². The number of rotatable bonds is 49. The van der Waals surface area contributed by atoms with Gasteiger partial charge in [-0.3, -0.25) is 4.79 Å². The Morgan fingerprint density at radius 3 is 1.31 bits per heavy atom. The molecule has 1 fully saturated rings. The number of nitrogens with one attached hydrogen (secondary N) is 1. The molecule has 1 saturated heterocycles. The molecule has 9 unspecified atom stereocenters. The van der Waals surface area contributed by atoms with Crippen LogP contribution in [0, 0.1) is 0 Å². The molecular formula is C57H109NO10. The van der Waals surface area contributed by atoms with Crippen molar-refractivity contribution in [2.24, 2.45) is 0 Å². The number of carbonyl (C=O) groups is 1.